The van der Waals surface area contributed by atoms with E-state index in [1.54, 1.807) is 0 Å². The summed E-state index contributed by atoms with van der Waals surface area (Å²) >= 11 is 6.71. The fraction of sp³-hybridized carbons (Fsp3) is 0.680. The molecule has 150 valence electrons. The molecule has 1 nitrogen and oxygen atoms in total. The van der Waals surface area contributed by atoms with Crippen molar-refractivity contribution < 1.29 is 0 Å². The number of halogens is 1. The highest BCUT2D eigenvalue weighted by Crippen LogP contribution is 2.43. The Morgan fingerprint density at radius 1 is 1.15 bits per heavy atom. The van der Waals surface area contributed by atoms with E-state index in [-0.39, 0.29) is 0 Å². The summed E-state index contributed by atoms with van der Waals surface area (Å²) in [6.45, 7) is 9.93. The molecule has 2 aliphatic carbocycles. The normalized spacial score (nSPS) is 22.5. The monoisotopic (exact) mass is 387 g/mol. The van der Waals surface area contributed by atoms with E-state index in [1.165, 1.54) is 74.5 Å². The fourth-order valence-corrected chi connectivity index (χ4v) is 5.55. The Bertz CT molecular complexity index is 632. The second-order valence-electron chi connectivity index (χ2n) is 9.86. The van der Waals surface area contributed by atoms with Gasteiger partial charge in [-0.05, 0) is 91.9 Å². The maximum absolute atomic E-state index is 6.71. The van der Waals surface area contributed by atoms with Gasteiger partial charge in [-0.15, -0.1) is 0 Å². The maximum Gasteiger partial charge on any atom is 0.0444 e. The molecule has 0 aliphatic heterocycles. The minimum absolute atomic E-state index is 0.446. The SMILES string of the molecule is C=C(Cc1ccc(C2CCC(C)(C)CC2)cc1Cl)C(CN)C1CCCCC1. The number of benzene rings is 1. The second-order valence-corrected chi connectivity index (χ2v) is 10.3. The van der Waals surface area contributed by atoms with Crippen molar-refractivity contribution in [3.8, 4) is 0 Å². The molecule has 0 bridgehead atoms. The van der Waals surface area contributed by atoms with E-state index in [0.29, 0.717) is 17.3 Å². The predicted molar refractivity (Wildman–Crippen MR) is 118 cm³/mol. The van der Waals surface area contributed by atoms with Crippen LogP contribution in [0.2, 0.25) is 5.02 Å². The summed E-state index contributed by atoms with van der Waals surface area (Å²) in [4.78, 5) is 0. The molecular formula is C25H38ClN. The van der Waals surface area contributed by atoms with Gasteiger partial charge < -0.3 is 5.73 Å². The van der Waals surface area contributed by atoms with Crippen LogP contribution in [0, 0.1) is 17.3 Å². The van der Waals surface area contributed by atoms with Crippen LogP contribution in [0.1, 0.15) is 88.7 Å². The van der Waals surface area contributed by atoms with E-state index >= 15 is 0 Å². The lowest BCUT2D eigenvalue weighted by Crippen LogP contribution is -2.27. The molecule has 0 spiro atoms. The van der Waals surface area contributed by atoms with Crippen molar-refractivity contribution >= 4 is 11.6 Å². The van der Waals surface area contributed by atoms with E-state index in [1.807, 2.05) is 0 Å². The van der Waals surface area contributed by atoms with E-state index in [0.717, 1.165) is 23.9 Å². The lowest BCUT2D eigenvalue weighted by molar-refractivity contribution is 0.224. The zero-order valence-electron chi connectivity index (χ0n) is 17.4. The largest absolute Gasteiger partial charge is 0.330 e. The Morgan fingerprint density at radius 2 is 1.81 bits per heavy atom. The van der Waals surface area contributed by atoms with Gasteiger partial charge in [-0.25, -0.2) is 0 Å². The van der Waals surface area contributed by atoms with Crippen molar-refractivity contribution in [3.63, 3.8) is 0 Å². The highest BCUT2D eigenvalue weighted by atomic mass is 35.5. The quantitative estimate of drug-likeness (QED) is 0.510. The first-order chi connectivity index (χ1) is 12.9. The molecule has 1 unspecified atom stereocenters. The first-order valence-electron chi connectivity index (χ1n) is 11.1. The zero-order chi connectivity index (χ0) is 19.4. The van der Waals surface area contributed by atoms with Crippen LogP contribution < -0.4 is 5.73 Å². The molecule has 2 fully saturated rings. The van der Waals surface area contributed by atoms with Gasteiger partial charge in [0.15, 0.2) is 0 Å². The van der Waals surface area contributed by atoms with Crippen LogP contribution in [0.15, 0.2) is 30.4 Å². The Morgan fingerprint density at radius 3 is 2.41 bits per heavy atom. The number of rotatable bonds is 6. The van der Waals surface area contributed by atoms with Crippen LogP contribution in [-0.2, 0) is 6.42 Å². The molecule has 27 heavy (non-hydrogen) atoms. The Hall–Kier alpha value is -0.790. The molecule has 0 radical (unpaired) electrons. The van der Waals surface area contributed by atoms with Gasteiger partial charge in [0.25, 0.3) is 0 Å². The van der Waals surface area contributed by atoms with E-state index < -0.39 is 0 Å². The van der Waals surface area contributed by atoms with Crippen LogP contribution in [0.4, 0.5) is 0 Å². The molecule has 2 N–H and O–H groups in total. The van der Waals surface area contributed by atoms with Crippen LogP contribution in [0.3, 0.4) is 0 Å². The average Bonchev–Trinajstić information content (AvgIpc) is 2.65. The number of hydrogen-bond acceptors (Lipinski definition) is 1. The first kappa shape index (κ1) is 20.9. The van der Waals surface area contributed by atoms with Gasteiger partial charge in [0, 0.05) is 5.02 Å². The minimum Gasteiger partial charge on any atom is -0.330 e. The highest BCUT2D eigenvalue weighted by Gasteiger charge is 2.28. The van der Waals surface area contributed by atoms with Gasteiger partial charge >= 0.3 is 0 Å². The zero-order valence-corrected chi connectivity index (χ0v) is 18.2. The van der Waals surface area contributed by atoms with Crippen LogP contribution >= 0.6 is 11.6 Å². The summed E-state index contributed by atoms with van der Waals surface area (Å²) in [5, 5.41) is 0.915. The van der Waals surface area contributed by atoms with E-state index in [9.17, 15) is 0 Å². The van der Waals surface area contributed by atoms with E-state index in [4.69, 9.17) is 17.3 Å². The summed E-state index contributed by atoms with van der Waals surface area (Å²) in [6, 6.07) is 6.79. The predicted octanol–water partition coefficient (Wildman–Crippen LogP) is 7.28. The molecule has 3 rings (SSSR count). The third-order valence-corrected chi connectivity index (χ3v) is 7.65. The van der Waals surface area contributed by atoms with Gasteiger partial charge in [0.05, 0.1) is 0 Å². The van der Waals surface area contributed by atoms with Crippen LogP contribution in [0.25, 0.3) is 0 Å². The lowest BCUT2D eigenvalue weighted by Gasteiger charge is -2.34. The number of hydrogen-bond donors (Lipinski definition) is 1. The third kappa shape index (κ3) is 5.39. The highest BCUT2D eigenvalue weighted by molar-refractivity contribution is 6.31. The Labute approximate surface area is 171 Å². The summed E-state index contributed by atoms with van der Waals surface area (Å²) in [7, 11) is 0. The Kier molecular flexibility index (Phi) is 7.08. The molecule has 1 aromatic rings. The Balaban J connectivity index is 1.64. The molecule has 2 heteroatoms. The average molecular weight is 388 g/mol. The summed E-state index contributed by atoms with van der Waals surface area (Å²) in [6.07, 6.45) is 12.8. The number of nitrogens with two attached hydrogens (primary N) is 1. The van der Waals surface area contributed by atoms with Crippen molar-refractivity contribution in [1.82, 2.24) is 0 Å². The van der Waals surface area contributed by atoms with E-state index in [2.05, 4.69) is 38.6 Å². The topological polar surface area (TPSA) is 26.0 Å². The van der Waals surface area contributed by atoms with Gasteiger partial charge in [-0.2, -0.15) is 0 Å². The van der Waals surface area contributed by atoms with Gasteiger partial charge in [-0.1, -0.05) is 69.0 Å². The molecule has 0 amide bonds. The van der Waals surface area contributed by atoms with Gasteiger partial charge in [-0.3, -0.25) is 0 Å². The molecule has 2 saturated carbocycles. The standard InChI is InChI=1S/C25H38ClN/c1-18(23(17-27)20-7-5-4-6-8-20)15-22-10-9-21(16-24(22)26)19-11-13-25(2,3)14-12-19/h9-10,16,19-20,23H,1,4-8,11-15,17,27H2,2-3H3. The van der Waals surface area contributed by atoms with Crippen molar-refractivity contribution in [2.45, 2.75) is 84.0 Å². The summed E-state index contributed by atoms with van der Waals surface area (Å²) in [5.74, 6) is 1.84. The molecule has 2 aliphatic rings. The minimum atomic E-state index is 0.446. The van der Waals surface area contributed by atoms with Crippen molar-refractivity contribution in [1.29, 1.82) is 0 Å². The van der Waals surface area contributed by atoms with Gasteiger partial charge in [0.2, 0.25) is 0 Å². The smallest absolute Gasteiger partial charge is 0.0444 e. The maximum atomic E-state index is 6.71. The molecular weight excluding hydrogens is 350 g/mol. The lowest BCUT2D eigenvalue weighted by atomic mass is 9.71. The van der Waals surface area contributed by atoms with Gasteiger partial charge in [0.1, 0.15) is 0 Å². The van der Waals surface area contributed by atoms with Crippen molar-refractivity contribution in [3.05, 3.63) is 46.5 Å². The second kappa shape index (κ2) is 9.14. The van der Waals surface area contributed by atoms with Crippen LogP contribution in [0.5, 0.6) is 0 Å². The summed E-state index contributed by atoms with van der Waals surface area (Å²) in [5.41, 5.74) is 10.6. The first-order valence-corrected chi connectivity index (χ1v) is 11.4. The van der Waals surface area contributed by atoms with Crippen LogP contribution in [-0.4, -0.2) is 6.54 Å². The van der Waals surface area contributed by atoms with Crippen molar-refractivity contribution in [2.75, 3.05) is 6.54 Å². The molecule has 1 aromatic carbocycles. The fourth-order valence-electron chi connectivity index (χ4n) is 5.30. The summed E-state index contributed by atoms with van der Waals surface area (Å²) < 4.78 is 0. The molecule has 0 heterocycles. The molecule has 0 saturated heterocycles. The third-order valence-electron chi connectivity index (χ3n) is 7.30. The molecule has 1 atom stereocenters. The molecule has 0 aromatic heterocycles. The van der Waals surface area contributed by atoms with Crippen molar-refractivity contribution in [2.24, 2.45) is 23.0 Å².